The molecule has 0 bridgehead atoms. The summed E-state index contributed by atoms with van der Waals surface area (Å²) in [4.78, 5) is 7.33. The second-order valence-corrected chi connectivity index (χ2v) is 21.2. The second-order valence-electron chi connectivity index (χ2n) is 21.2. The molecule has 6 aliphatic rings. The van der Waals surface area contributed by atoms with Crippen molar-refractivity contribution in [3.8, 4) is 46.0 Å². The summed E-state index contributed by atoms with van der Waals surface area (Å²) in [5.74, 6) is 6.66. The lowest BCUT2D eigenvalue weighted by molar-refractivity contribution is 0.466. The van der Waals surface area contributed by atoms with E-state index in [4.69, 9.17) is 18.9 Å². The first-order chi connectivity index (χ1) is 38.5. The maximum absolute atomic E-state index is 7.60. The molecule has 17 rings (SSSR count). The van der Waals surface area contributed by atoms with Crippen molar-refractivity contribution in [2.24, 2.45) is 0 Å². The molecular weight excluding hydrogens is 955 g/mol. The molecule has 6 aliphatic heterocycles. The van der Waals surface area contributed by atoms with Gasteiger partial charge in [-0.25, -0.2) is 0 Å². The summed E-state index contributed by atoms with van der Waals surface area (Å²) in [5.41, 5.74) is 21.5. The van der Waals surface area contributed by atoms with E-state index in [9.17, 15) is 0 Å². The minimum absolute atomic E-state index is 0.148. The van der Waals surface area contributed by atoms with Crippen LogP contribution in [0.2, 0.25) is 0 Å². The van der Waals surface area contributed by atoms with Crippen LogP contribution < -0.4 is 82.8 Å². The number of nitrogens with zero attached hydrogens (tertiary/aromatic N) is 3. The van der Waals surface area contributed by atoms with Crippen LogP contribution in [-0.2, 0) is 0 Å². The average Bonchev–Trinajstić information content (AvgIpc) is 2.37. The number of aryl methyl sites for hydroxylation is 2. The number of hydrogen-bond acceptors (Lipinski definition) is 7. The van der Waals surface area contributed by atoms with E-state index in [-0.39, 0.29) is 13.4 Å². The molecule has 10 heteroatoms. The highest BCUT2D eigenvalue weighted by Gasteiger charge is 2.52. The van der Waals surface area contributed by atoms with Gasteiger partial charge in [0.1, 0.15) is 46.0 Å². The van der Waals surface area contributed by atoms with Gasteiger partial charge in [0, 0.05) is 56.4 Å². The molecule has 0 radical (unpaired) electrons. The highest BCUT2D eigenvalue weighted by molar-refractivity contribution is 7.05. The van der Waals surface area contributed by atoms with Gasteiger partial charge in [0.15, 0.2) is 0 Å². The molecule has 0 atom stereocenters. The lowest BCUT2D eigenvalue weighted by Crippen LogP contribution is -2.66. The summed E-state index contributed by atoms with van der Waals surface area (Å²) >= 11 is 0. The Balaban J connectivity index is 1.02. The number of benzene rings is 11. The third-order valence-electron chi connectivity index (χ3n) is 16.7. The number of hydrogen-bond donors (Lipinski definition) is 0. The van der Waals surface area contributed by atoms with Crippen LogP contribution in [0.25, 0.3) is 0 Å². The van der Waals surface area contributed by atoms with Crippen molar-refractivity contribution < 1.29 is 18.9 Å². The molecule has 6 heterocycles. The summed E-state index contributed by atoms with van der Waals surface area (Å²) in [6, 6.07) is 82.9. The Morgan fingerprint density at radius 3 is 1.13 bits per heavy atom. The Kier molecular flexibility index (Phi) is 9.11. The molecule has 0 fully saturated rings. The Morgan fingerprint density at radius 1 is 0.295 bits per heavy atom. The lowest BCUT2D eigenvalue weighted by Gasteiger charge is -2.47. The quantitative estimate of drug-likeness (QED) is 0.159. The molecule has 0 aliphatic carbocycles. The predicted octanol–water partition coefficient (Wildman–Crippen LogP) is 11.3. The first kappa shape index (κ1) is 43.5. The summed E-state index contributed by atoms with van der Waals surface area (Å²) in [5, 5.41) is 0. The minimum atomic E-state index is -0.398. The van der Waals surface area contributed by atoms with Gasteiger partial charge in [0.05, 0.1) is 5.69 Å². The zero-order chi connectivity index (χ0) is 51.3. The van der Waals surface area contributed by atoms with Gasteiger partial charge in [-0.1, -0.05) is 121 Å². The van der Waals surface area contributed by atoms with Crippen LogP contribution in [0.1, 0.15) is 11.1 Å². The monoisotopic (exact) mass is 999 g/mol. The Morgan fingerprint density at radius 2 is 0.692 bits per heavy atom. The largest absolute Gasteiger partial charge is 0.459 e. The van der Waals surface area contributed by atoms with E-state index in [1.807, 2.05) is 0 Å². The Bertz CT molecular complexity index is 4080. The topological polar surface area (TPSA) is 46.6 Å². The molecular formula is C68H44B3N3O4. The van der Waals surface area contributed by atoms with Crippen molar-refractivity contribution in [3.63, 3.8) is 0 Å². The van der Waals surface area contributed by atoms with Crippen molar-refractivity contribution in [2.75, 3.05) is 14.7 Å². The Hall–Kier alpha value is -9.79. The zero-order valence-electron chi connectivity index (χ0n) is 42.6. The smallest absolute Gasteiger partial charge is 0.261 e. The fourth-order valence-electron chi connectivity index (χ4n) is 13.6. The fraction of sp³-hybridized carbons (Fsp3) is 0.0294. The molecule has 0 saturated heterocycles. The van der Waals surface area contributed by atoms with Crippen LogP contribution in [0.5, 0.6) is 46.0 Å². The van der Waals surface area contributed by atoms with Gasteiger partial charge in [-0.3, -0.25) is 0 Å². The SMILES string of the molecule is Cc1ccc2c(c1)Oc1cccc3c1B2c1ccc2c(c1O3)B1c3c(cc(N(c4ccccc4)c4ccccc4)cc3N(c3ccccc3)c3ccc4c(c31)Oc1cccc3c1B4c1ccc(C)cc1O3)N2c1ccccc1. The van der Waals surface area contributed by atoms with E-state index in [1.54, 1.807) is 0 Å². The van der Waals surface area contributed by atoms with Gasteiger partial charge in [-0.15, -0.1) is 0 Å². The number of fused-ring (bicyclic) bond motifs is 14. The average molecular weight is 1000 g/mol. The third-order valence-corrected chi connectivity index (χ3v) is 16.7. The van der Waals surface area contributed by atoms with Crippen LogP contribution in [0.15, 0.2) is 231 Å². The zero-order valence-corrected chi connectivity index (χ0v) is 42.6. The normalized spacial score (nSPS) is 13.8. The molecule has 11 aromatic rings. The van der Waals surface area contributed by atoms with E-state index >= 15 is 0 Å². The molecule has 0 N–H and O–H groups in total. The maximum Gasteiger partial charge on any atom is 0.261 e. The molecule has 364 valence electrons. The molecule has 0 amide bonds. The van der Waals surface area contributed by atoms with E-state index in [1.165, 1.54) is 0 Å². The molecule has 7 nitrogen and oxygen atoms in total. The van der Waals surface area contributed by atoms with Crippen molar-refractivity contribution in [2.45, 2.75) is 13.8 Å². The van der Waals surface area contributed by atoms with Crippen molar-refractivity contribution in [1.82, 2.24) is 0 Å². The highest BCUT2D eigenvalue weighted by atomic mass is 16.5. The number of ether oxygens (including phenoxy) is 4. The fourth-order valence-corrected chi connectivity index (χ4v) is 13.6. The van der Waals surface area contributed by atoms with E-state index in [0.717, 1.165) is 157 Å². The number of rotatable bonds is 5. The lowest BCUT2D eigenvalue weighted by atomic mass is 9.29. The van der Waals surface area contributed by atoms with Gasteiger partial charge < -0.3 is 33.6 Å². The van der Waals surface area contributed by atoms with Crippen LogP contribution >= 0.6 is 0 Å². The summed E-state index contributed by atoms with van der Waals surface area (Å²) < 4.78 is 28.7. The van der Waals surface area contributed by atoms with E-state index in [2.05, 4.69) is 259 Å². The Labute approximate surface area is 453 Å². The van der Waals surface area contributed by atoms with Gasteiger partial charge in [-0.05, 0) is 172 Å². The summed E-state index contributed by atoms with van der Waals surface area (Å²) in [7, 11) is 0. The van der Waals surface area contributed by atoms with Gasteiger partial charge in [0.2, 0.25) is 0 Å². The molecule has 0 saturated carbocycles. The summed E-state index contributed by atoms with van der Waals surface area (Å²) in [6.45, 7) is 3.56. The summed E-state index contributed by atoms with van der Waals surface area (Å²) in [6.07, 6.45) is 0. The first-order valence-electron chi connectivity index (χ1n) is 26.8. The maximum atomic E-state index is 7.60. The molecule has 0 unspecified atom stereocenters. The molecule has 11 aromatic carbocycles. The third kappa shape index (κ3) is 6.14. The van der Waals surface area contributed by atoms with Crippen LogP contribution in [0.3, 0.4) is 0 Å². The molecule has 0 aromatic heterocycles. The van der Waals surface area contributed by atoms with E-state index < -0.39 is 6.71 Å². The number of anilines is 9. The first-order valence-corrected chi connectivity index (χ1v) is 26.8. The van der Waals surface area contributed by atoms with Gasteiger partial charge >= 0.3 is 0 Å². The molecule has 0 spiro atoms. The number of para-hydroxylation sites is 4. The molecule has 78 heavy (non-hydrogen) atoms. The van der Waals surface area contributed by atoms with Crippen molar-refractivity contribution in [3.05, 3.63) is 242 Å². The van der Waals surface area contributed by atoms with Crippen molar-refractivity contribution >= 4 is 120 Å². The predicted molar refractivity (Wildman–Crippen MR) is 320 cm³/mol. The van der Waals surface area contributed by atoms with Gasteiger partial charge in [-0.2, -0.15) is 0 Å². The van der Waals surface area contributed by atoms with Crippen LogP contribution in [0.4, 0.5) is 51.2 Å². The van der Waals surface area contributed by atoms with Crippen molar-refractivity contribution in [1.29, 1.82) is 0 Å². The standard InChI is InChI=1S/C68H44B3N3O4/c1-41-29-31-48-60(37-41)75-56-25-15-27-58-65(56)69(48)50-33-35-52-63(67(50)77-58)71-62-54(73(52)45-21-11-5-12-22-45)39-47(72(43-17-7-3-8-18-43)44-19-9-4-10-20-44)40-55(62)74(46-23-13-6-14-24-46)53-36-34-51-68(64(53)71)78-59-28-16-26-57-66(59)70(51)49-32-30-42(2)38-61(49)76-57/h3-40H,1-2H3. The minimum Gasteiger partial charge on any atom is -0.459 e. The highest BCUT2D eigenvalue weighted by Crippen LogP contribution is 2.51. The van der Waals surface area contributed by atoms with Crippen LogP contribution in [0, 0.1) is 13.8 Å². The van der Waals surface area contributed by atoms with Crippen LogP contribution in [-0.4, -0.2) is 20.1 Å². The van der Waals surface area contributed by atoms with Gasteiger partial charge in [0.25, 0.3) is 20.1 Å². The second kappa shape index (κ2) is 16.4. The van der Waals surface area contributed by atoms with E-state index in [0.29, 0.717) is 0 Å².